The fourth-order valence-electron chi connectivity index (χ4n) is 1.94. The molecule has 0 saturated heterocycles. The van der Waals surface area contributed by atoms with Crippen LogP contribution in [0, 0.1) is 6.92 Å². The predicted molar refractivity (Wildman–Crippen MR) is 76.2 cm³/mol. The predicted octanol–water partition coefficient (Wildman–Crippen LogP) is 3.78. The summed E-state index contributed by atoms with van der Waals surface area (Å²) in [6.45, 7) is 2.42. The summed E-state index contributed by atoms with van der Waals surface area (Å²) in [5.41, 5.74) is 2.97. The van der Waals surface area contributed by atoms with Crippen molar-refractivity contribution in [2.24, 2.45) is 0 Å². The van der Waals surface area contributed by atoms with Gasteiger partial charge in [0.1, 0.15) is 0 Å². The van der Waals surface area contributed by atoms with E-state index in [4.69, 9.17) is 4.74 Å². The van der Waals surface area contributed by atoms with E-state index in [0.717, 1.165) is 18.4 Å². The summed E-state index contributed by atoms with van der Waals surface area (Å²) in [5.74, 6) is -0.239. The molecule has 0 fully saturated rings. The first kappa shape index (κ1) is 13.3. The Labute approximate surface area is 114 Å². The smallest absolute Gasteiger partial charge is 0.338 e. The van der Waals surface area contributed by atoms with Gasteiger partial charge in [-0.05, 0) is 37.5 Å². The van der Waals surface area contributed by atoms with Crippen molar-refractivity contribution < 1.29 is 9.53 Å². The van der Waals surface area contributed by atoms with E-state index < -0.39 is 0 Å². The molecule has 2 aromatic rings. The van der Waals surface area contributed by atoms with Crippen molar-refractivity contribution in [1.82, 2.24) is 0 Å². The number of rotatable bonds is 5. The maximum Gasteiger partial charge on any atom is 0.338 e. The highest BCUT2D eigenvalue weighted by atomic mass is 16.5. The molecule has 0 aliphatic rings. The van der Waals surface area contributed by atoms with Gasteiger partial charge in [0.05, 0.1) is 12.2 Å². The molecule has 2 nitrogen and oxygen atoms in total. The summed E-state index contributed by atoms with van der Waals surface area (Å²) in [6, 6.07) is 17.7. The standard InChI is InChI=1S/C17H18O2/c1-14-7-5-11-16(13-14)17(18)19-12-6-10-15-8-3-2-4-9-15/h2-5,7-9,11,13H,6,10,12H2,1H3. The van der Waals surface area contributed by atoms with Gasteiger partial charge in [0.25, 0.3) is 0 Å². The lowest BCUT2D eigenvalue weighted by atomic mass is 10.1. The van der Waals surface area contributed by atoms with Gasteiger partial charge in [-0.25, -0.2) is 4.79 Å². The minimum absolute atomic E-state index is 0.239. The van der Waals surface area contributed by atoms with E-state index in [0.29, 0.717) is 12.2 Å². The minimum atomic E-state index is -0.239. The van der Waals surface area contributed by atoms with Crippen LogP contribution in [0.3, 0.4) is 0 Å². The molecular weight excluding hydrogens is 236 g/mol. The summed E-state index contributed by atoms with van der Waals surface area (Å²) in [4.78, 5) is 11.8. The molecule has 0 atom stereocenters. The van der Waals surface area contributed by atoms with Gasteiger partial charge in [-0.15, -0.1) is 0 Å². The fourth-order valence-corrected chi connectivity index (χ4v) is 1.94. The van der Waals surface area contributed by atoms with E-state index in [9.17, 15) is 4.79 Å². The normalized spacial score (nSPS) is 10.2. The molecule has 2 rings (SSSR count). The average Bonchev–Trinajstić information content (AvgIpc) is 2.44. The molecule has 0 radical (unpaired) electrons. The summed E-state index contributed by atoms with van der Waals surface area (Å²) in [6.07, 6.45) is 1.78. The Balaban J connectivity index is 1.75. The van der Waals surface area contributed by atoms with E-state index in [-0.39, 0.29) is 5.97 Å². The second-order valence-corrected chi connectivity index (χ2v) is 4.59. The zero-order valence-corrected chi connectivity index (χ0v) is 11.1. The molecule has 0 saturated carbocycles. The van der Waals surface area contributed by atoms with E-state index >= 15 is 0 Å². The van der Waals surface area contributed by atoms with Gasteiger partial charge in [-0.2, -0.15) is 0 Å². The van der Waals surface area contributed by atoms with Crippen LogP contribution in [0.2, 0.25) is 0 Å². The third-order valence-electron chi connectivity index (χ3n) is 2.94. The number of esters is 1. The van der Waals surface area contributed by atoms with Crippen molar-refractivity contribution >= 4 is 5.97 Å². The van der Waals surface area contributed by atoms with Crippen molar-refractivity contribution in [2.45, 2.75) is 19.8 Å². The van der Waals surface area contributed by atoms with E-state index in [1.807, 2.05) is 43.3 Å². The lowest BCUT2D eigenvalue weighted by Crippen LogP contribution is -2.07. The highest BCUT2D eigenvalue weighted by Crippen LogP contribution is 2.07. The van der Waals surface area contributed by atoms with Crippen LogP contribution in [0.5, 0.6) is 0 Å². The molecule has 0 aromatic heterocycles. The zero-order valence-electron chi connectivity index (χ0n) is 11.1. The Morgan fingerprint density at radius 3 is 2.58 bits per heavy atom. The largest absolute Gasteiger partial charge is 0.462 e. The second kappa shape index (κ2) is 6.74. The van der Waals surface area contributed by atoms with Gasteiger partial charge in [0.15, 0.2) is 0 Å². The lowest BCUT2D eigenvalue weighted by molar-refractivity contribution is 0.0500. The first-order chi connectivity index (χ1) is 9.25. The molecule has 0 unspecified atom stereocenters. The Morgan fingerprint density at radius 2 is 1.84 bits per heavy atom. The van der Waals surface area contributed by atoms with Crippen LogP contribution in [0.4, 0.5) is 0 Å². The molecular formula is C17H18O2. The van der Waals surface area contributed by atoms with Crippen molar-refractivity contribution in [3.05, 3.63) is 71.3 Å². The highest BCUT2D eigenvalue weighted by Gasteiger charge is 2.06. The molecule has 0 aliphatic carbocycles. The van der Waals surface area contributed by atoms with E-state index in [1.165, 1.54) is 5.56 Å². The van der Waals surface area contributed by atoms with Crippen LogP contribution < -0.4 is 0 Å². The summed E-state index contributed by atoms with van der Waals surface area (Å²) >= 11 is 0. The number of hydrogen-bond donors (Lipinski definition) is 0. The maximum absolute atomic E-state index is 11.8. The third-order valence-corrected chi connectivity index (χ3v) is 2.94. The Kier molecular flexibility index (Phi) is 4.73. The Hall–Kier alpha value is -2.09. The van der Waals surface area contributed by atoms with Crippen LogP contribution >= 0.6 is 0 Å². The molecule has 0 N–H and O–H groups in total. The van der Waals surface area contributed by atoms with Crippen molar-refractivity contribution in [1.29, 1.82) is 0 Å². The quantitative estimate of drug-likeness (QED) is 0.599. The molecule has 0 aliphatic heterocycles. The van der Waals surface area contributed by atoms with Gasteiger partial charge < -0.3 is 4.74 Å². The van der Waals surface area contributed by atoms with Crippen molar-refractivity contribution in [3.8, 4) is 0 Å². The monoisotopic (exact) mass is 254 g/mol. The molecule has 98 valence electrons. The molecule has 2 aromatic carbocycles. The molecule has 0 heterocycles. The molecule has 0 bridgehead atoms. The molecule has 0 spiro atoms. The number of ether oxygens (including phenoxy) is 1. The highest BCUT2D eigenvalue weighted by molar-refractivity contribution is 5.89. The van der Waals surface area contributed by atoms with Crippen LogP contribution in [0.25, 0.3) is 0 Å². The van der Waals surface area contributed by atoms with Gasteiger partial charge in [-0.3, -0.25) is 0 Å². The number of aryl methyl sites for hydroxylation is 2. The van der Waals surface area contributed by atoms with Crippen LogP contribution in [-0.4, -0.2) is 12.6 Å². The van der Waals surface area contributed by atoms with Gasteiger partial charge in [-0.1, -0.05) is 48.0 Å². The summed E-state index contributed by atoms with van der Waals surface area (Å²) in [7, 11) is 0. The fraction of sp³-hybridized carbons (Fsp3) is 0.235. The van der Waals surface area contributed by atoms with E-state index in [2.05, 4.69) is 12.1 Å². The SMILES string of the molecule is Cc1cccc(C(=O)OCCCc2ccccc2)c1. The molecule has 19 heavy (non-hydrogen) atoms. The minimum Gasteiger partial charge on any atom is -0.462 e. The van der Waals surface area contributed by atoms with Gasteiger partial charge in [0.2, 0.25) is 0 Å². The lowest BCUT2D eigenvalue weighted by Gasteiger charge is -2.05. The van der Waals surface area contributed by atoms with E-state index in [1.54, 1.807) is 6.07 Å². The number of carbonyl (C=O) groups excluding carboxylic acids is 1. The Bertz CT molecular complexity index is 532. The van der Waals surface area contributed by atoms with Gasteiger partial charge in [0, 0.05) is 0 Å². The second-order valence-electron chi connectivity index (χ2n) is 4.59. The first-order valence-corrected chi connectivity index (χ1v) is 6.53. The number of benzene rings is 2. The van der Waals surface area contributed by atoms with Crippen molar-refractivity contribution in [3.63, 3.8) is 0 Å². The zero-order chi connectivity index (χ0) is 13.5. The average molecular weight is 254 g/mol. The maximum atomic E-state index is 11.8. The van der Waals surface area contributed by atoms with Gasteiger partial charge >= 0.3 is 5.97 Å². The molecule has 2 heteroatoms. The summed E-state index contributed by atoms with van der Waals surface area (Å²) in [5, 5.41) is 0. The first-order valence-electron chi connectivity index (χ1n) is 6.53. The van der Waals surface area contributed by atoms with Crippen LogP contribution in [-0.2, 0) is 11.2 Å². The van der Waals surface area contributed by atoms with Crippen LogP contribution in [0.1, 0.15) is 27.9 Å². The number of carbonyl (C=O) groups is 1. The Morgan fingerprint density at radius 1 is 1.05 bits per heavy atom. The topological polar surface area (TPSA) is 26.3 Å². The van der Waals surface area contributed by atoms with Crippen molar-refractivity contribution in [2.75, 3.05) is 6.61 Å². The molecule has 0 amide bonds. The summed E-state index contributed by atoms with van der Waals surface area (Å²) < 4.78 is 5.27. The third kappa shape index (κ3) is 4.25. The number of hydrogen-bond acceptors (Lipinski definition) is 2. The van der Waals surface area contributed by atoms with Crippen LogP contribution in [0.15, 0.2) is 54.6 Å².